The molecule has 0 aliphatic carbocycles. The quantitative estimate of drug-likeness (QED) is 0.748. The van der Waals surface area contributed by atoms with Gasteiger partial charge in [0.25, 0.3) is 0 Å². The first-order valence-electron chi connectivity index (χ1n) is 6.44. The van der Waals surface area contributed by atoms with Crippen LogP contribution in [-0.2, 0) is 0 Å². The van der Waals surface area contributed by atoms with Crippen LogP contribution in [-0.4, -0.2) is 41.2 Å². The molecular weight excluding hydrogens is 286 g/mol. The highest BCUT2D eigenvalue weighted by Crippen LogP contribution is 2.34. The molecule has 2 aromatic carbocycles. The van der Waals surface area contributed by atoms with Crippen molar-refractivity contribution >= 4 is 17.4 Å². The van der Waals surface area contributed by atoms with Crippen molar-refractivity contribution in [2.24, 2.45) is 0 Å². The first kappa shape index (κ1) is 15.4. The number of nitrogens with zero attached hydrogens (tertiary/aromatic N) is 1. The van der Waals surface area contributed by atoms with E-state index in [0.29, 0.717) is 0 Å². The summed E-state index contributed by atoms with van der Waals surface area (Å²) in [4.78, 5) is 25.5. The Kier molecular flexibility index (Phi) is 4.03. The van der Waals surface area contributed by atoms with Crippen LogP contribution in [0.15, 0.2) is 36.4 Å². The highest BCUT2D eigenvalue weighted by molar-refractivity contribution is 6.17. The SMILES string of the molecule is CN(C)c1c(O)ccc(C(=O)c2ccccc2O)c1C(=O)O. The van der Waals surface area contributed by atoms with Crippen LogP contribution in [0, 0.1) is 0 Å². The van der Waals surface area contributed by atoms with Crippen LogP contribution in [0.2, 0.25) is 0 Å². The number of ketones is 1. The lowest BCUT2D eigenvalue weighted by atomic mass is 9.95. The molecule has 0 fully saturated rings. The van der Waals surface area contributed by atoms with E-state index in [1.54, 1.807) is 26.2 Å². The summed E-state index contributed by atoms with van der Waals surface area (Å²) in [5, 5.41) is 29.1. The molecule has 0 heterocycles. The molecule has 0 saturated heterocycles. The Labute approximate surface area is 126 Å². The van der Waals surface area contributed by atoms with Crippen LogP contribution >= 0.6 is 0 Å². The average molecular weight is 301 g/mol. The number of hydrogen-bond acceptors (Lipinski definition) is 5. The van der Waals surface area contributed by atoms with Crippen LogP contribution < -0.4 is 4.90 Å². The van der Waals surface area contributed by atoms with Gasteiger partial charge in [-0.1, -0.05) is 12.1 Å². The van der Waals surface area contributed by atoms with Gasteiger partial charge in [-0.15, -0.1) is 0 Å². The summed E-state index contributed by atoms with van der Waals surface area (Å²) >= 11 is 0. The fraction of sp³-hybridized carbons (Fsp3) is 0.125. The fourth-order valence-electron chi connectivity index (χ4n) is 2.25. The van der Waals surface area contributed by atoms with Crippen LogP contribution in [0.4, 0.5) is 5.69 Å². The zero-order valence-electron chi connectivity index (χ0n) is 12.1. The number of anilines is 1. The van der Waals surface area contributed by atoms with Crippen LogP contribution in [0.5, 0.6) is 11.5 Å². The van der Waals surface area contributed by atoms with Crippen LogP contribution in [0.3, 0.4) is 0 Å². The van der Waals surface area contributed by atoms with Gasteiger partial charge in [-0.3, -0.25) is 4.79 Å². The number of aromatic hydroxyl groups is 2. The predicted octanol–water partition coefficient (Wildman–Crippen LogP) is 2.09. The first-order chi connectivity index (χ1) is 10.3. The number of carboxylic acids is 1. The Morgan fingerprint density at radius 3 is 2.09 bits per heavy atom. The van der Waals surface area contributed by atoms with E-state index in [2.05, 4.69) is 0 Å². The van der Waals surface area contributed by atoms with Gasteiger partial charge in [0.2, 0.25) is 0 Å². The Morgan fingerprint density at radius 2 is 1.55 bits per heavy atom. The average Bonchev–Trinajstić information content (AvgIpc) is 2.46. The summed E-state index contributed by atoms with van der Waals surface area (Å²) in [6, 6.07) is 8.38. The lowest BCUT2D eigenvalue weighted by Gasteiger charge is -2.19. The second kappa shape index (κ2) is 5.77. The third kappa shape index (κ3) is 2.58. The van der Waals surface area contributed by atoms with Gasteiger partial charge < -0.3 is 20.2 Å². The van der Waals surface area contributed by atoms with Gasteiger partial charge in [-0.05, 0) is 24.3 Å². The molecule has 0 bridgehead atoms. The van der Waals surface area contributed by atoms with Crippen molar-refractivity contribution < 1.29 is 24.9 Å². The number of hydrogen-bond donors (Lipinski definition) is 3. The number of para-hydroxylation sites is 1. The number of phenols is 2. The van der Waals surface area contributed by atoms with E-state index in [1.807, 2.05) is 0 Å². The number of carbonyl (C=O) groups excluding carboxylic acids is 1. The summed E-state index contributed by atoms with van der Waals surface area (Å²) in [5.41, 5.74) is -0.372. The number of aromatic carboxylic acids is 1. The number of benzene rings is 2. The van der Waals surface area contributed by atoms with Gasteiger partial charge in [-0.25, -0.2) is 4.79 Å². The van der Waals surface area contributed by atoms with E-state index in [-0.39, 0.29) is 33.9 Å². The van der Waals surface area contributed by atoms with Crippen molar-refractivity contribution in [3.05, 3.63) is 53.1 Å². The molecule has 6 nitrogen and oxygen atoms in total. The minimum atomic E-state index is -1.33. The Hall–Kier alpha value is -3.02. The minimum absolute atomic E-state index is 0.000367. The maximum absolute atomic E-state index is 12.6. The molecule has 3 N–H and O–H groups in total. The summed E-state index contributed by atoms with van der Waals surface area (Å²) in [7, 11) is 3.13. The molecular formula is C16H15NO5. The molecule has 2 rings (SSSR count). The third-order valence-corrected chi connectivity index (χ3v) is 3.21. The van der Waals surface area contributed by atoms with Crippen molar-refractivity contribution in [2.75, 3.05) is 19.0 Å². The molecule has 2 aromatic rings. The second-order valence-corrected chi connectivity index (χ2v) is 4.90. The molecule has 6 heteroatoms. The fourth-order valence-corrected chi connectivity index (χ4v) is 2.25. The molecule has 114 valence electrons. The van der Waals surface area contributed by atoms with Gasteiger partial charge in [0.1, 0.15) is 11.5 Å². The van der Waals surface area contributed by atoms with Gasteiger partial charge >= 0.3 is 5.97 Å². The Balaban J connectivity index is 2.71. The standard InChI is InChI=1S/C16H15NO5/c1-17(2)14-12(19)8-7-10(13(14)16(21)22)15(20)9-5-3-4-6-11(9)18/h3-8,18-19H,1-2H3,(H,21,22). The minimum Gasteiger partial charge on any atom is -0.507 e. The summed E-state index contributed by atoms with van der Waals surface area (Å²) in [6.45, 7) is 0. The van der Waals surface area contributed by atoms with E-state index in [1.165, 1.54) is 29.2 Å². The van der Waals surface area contributed by atoms with Gasteiger partial charge in [-0.2, -0.15) is 0 Å². The van der Waals surface area contributed by atoms with Gasteiger partial charge in [0.15, 0.2) is 5.78 Å². The highest BCUT2D eigenvalue weighted by Gasteiger charge is 2.26. The second-order valence-electron chi connectivity index (χ2n) is 4.90. The smallest absolute Gasteiger partial charge is 0.338 e. The zero-order valence-corrected chi connectivity index (χ0v) is 12.1. The molecule has 0 unspecified atom stereocenters. The molecule has 0 aliphatic heterocycles. The van der Waals surface area contributed by atoms with Crippen molar-refractivity contribution in [3.63, 3.8) is 0 Å². The topological polar surface area (TPSA) is 98.1 Å². The Bertz CT molecular complexity index is 752. The lowest BCUT2D eigenvalue weighted by Crippen LogP contribution is -2.18. The summed E-state index contributed by atoms with van der Waals surface area (Å²) < 4.78 is 0. The molecule has 0 aliphatic rings. The van der Waals surface area contributed by atoms with E-state index in [9.17, 15) is 24.9 Å². The predicted molar refractivity (Wildman–Crippen MR) is 80.9 cm³/mol. The molecule has 0 atom stereocenters. The molecule has 0 radical (unpaired) electrons. The van der Waals surface area contributed by atoms with Crippen molar-refractivity contribution in [2.45, 2.75) is 0 Å². The van der Waals surface area contributed by atoms with Crippen LogP contribution in [0.25, 0.3) is 0 Å². The van der Waals surface area contributed by atoms with Gasteiger partial charge in [0, 0.05) is 19.7 Å². The van der Waals surface area contributed by atoms with Crippen molar-refractivity contribution in [3.8, 4) is 11.5 Å². The van der Waals surface area contributed by atoms with Crippen molar-refractivity contribution in [1.82, 2.24) is 0 Å². The number of phenolic OH excluding ortho intramolecular Hbond substituents is 2. The van der Waals surface area contributed by atoms with E-state index >= 15 is 0 Å². The summed E-state index contributed by atoms with van der Waals surface area (Å²) in [6.07, 6.45) is 0. The Morgan fingerprint density at radius 1 is 0.909 bits per heavy atom. The molecule has 22 heavy (non-hydrogen) atoms. The molecule has 0 amide bonds. The van der Waals surface area contributed by atoms with E-state index in [4.69, 9.17) is 0 Å². The number of rotatable bonds is 4. The first-order valence-corrected chi connectivity index (χ1v) is 6.44. The maximum Gasteiger partial charge on any atom is 0.338 e. The number of carbonyl (C=O) groups is 2. The van der Waals surface area contributed by atoms with Crippen LogP contribution in [0.1, 0.15) is 26.3 Å². The van der Waals surface area contributed by atoms with Gasteiger partial charge in [0.05, 0.1) is 16.8 Å². The third-order valence-electron chi connectivity index (χ3n) is 3.21. The molecule has 0 spiro atoms. The number of carboxylic acid groups (broad SMARTS) is 1. The highest BCUT2D eigenvalue weighted by atomic mass is 16.4. The molecule has 0 aromatic heterocycles. The normalized spacial score (nSPS) is 10.3. The van der Waals surface area contributed by atoms with E-state index in [0.717, 1.165) is 0 Å². The van der Waals surface area contributed by atoms with E-state index < -0.39 is 11.8 Å². The molecule has 0 saturated carbocycles. The monoisotopic (exact) mass is 301 g/mol. The van der Waals surface area contributed by atoms with Crippen molar-refractivity contribution in [1.29, 1.82) is 0 Å². The largest absolute Gasteiger partial charge is 0.507 e. The zero-order chi connectivity index (χ0) is 16.4. The summed E-state index contributed by atoms with van der Waals surface area (Å²) in [5.74, 6) is -2.43. The lowest BCUT2D eigenvalue weighted by molar-refractivity contribution is 0.0693. The maximum atomic E-state index is 12.6.